The number of fused-ring (bicyclic) bond motifs is 2. The highest BCUT2D eigenvalue weighted by Gasteiger charge is 2.68. The molecule has 2 aliphatic rings. The van der Waals surface area contributed by atoms with Gasteiger partial charge in [0.05, 0.1) is 5.92 Å². The summed E-state index contributed by atoms with van der Waals surface area (Å²) in [6, 6.07) is 10.5. The molecule has 8 heteroatoms. The molecule has 1 saturated heterocycles. The smallest absolute Gasteiger partial charge is 0.313 e. The number of alkyl halides is 3. The van der Waals surface area contributed by atoms with Gasteiger partial charge in [-0.3, -0.25) is 10.1 Å². The first-order valence-corrected chi connectivity index (χ1v) is 9.02. The number of hydrogen-bond acceptors (Lipinski definition) is 3. The molecule has 2 aliphatic heterocycles. The van der Waals surface area contributed by atoms with E-state index in [2.05, 4.69) is 5.32 Å². The summed E-state index contributed by atoms with van der Waals surface area (Å²) < 4.78 is 42.0. The molecule has 0 bridgehead atoms. The van der Waals surface area contributed by atoms with Gasteiger partial charge in [0.1, 0.15) is 17.9 Å². The van der Waals surface area contributed by atoms with Crippen molar-refractivity contribution in [1.82, 2.24) is 5.32 Å². The topological polar surface area (TPSA) is 49.4 Å². The van der Waals surface area contributed by atoms with Crippen molar-refractivity contribution in [2.45, 2.75) is 23.7 Å². The second kappa shape index (κ2) is 6.32. The Balaban J connectivity index is 1.97. The second-order valence-corrected chi connectivity index (χ2v) is 7.53. The van der Waals surface area contributed by atoms with E-state index < -0.39 is 35.5 Å². The van der Waals surface area contributed by atoms with Gasteiger partial charge in [0.25, 0.3) is 5.91 Å². The summed E-state index contributed by atoms with van der Waals surface area (Å²) in [5.41, 5.74) is -0.754. The molecule has 0 saturated carbocycles. The Hall–Kier alpha value is -2.38. The van der Waals surface area contributed by atoms with Crippen molar-refractivity contribution in [1.29, 1.82) is 0 Å². The number of aldehydes is 1. The number of nitrogens with zero attached hydrogens (tertiary/aromatic N) is 1. The summed E-state index contributed by atoms with van der Waals surface area (Å²) in [5, 5.41) is 2.79. The third-order valence-electron chi connectivity index (χ3n) is 5.70. The number of rotatable bonds is 2. The molecule has 2 aromatic carbocycles. The Morgan fingerprint density at radius 1 is 1.18 bits per heavy atom. The summed E-state index contributed by atoms with van der Waals surface area (Å²) in [6.07, 6.45) is -4.20. The highest BCUT2D eigenvalue weighted by Crippen LogP contribution is 2.55. The molecular formula is C20H16ClF3N2O2. The Morgan fingerprint density at radius 3 is 2.46 bits per heavy atom. The Labute approximate surface area is 164 Å². The maximum absolute atomic E-state index is 14.0. The highest BCUT2D eigenvalue weighted by atomic mass is 35.5. The fourth-order valence-electron chi connectivity index (χ4n) is 4.52. The van der Waals surface area contributed by atoms with Crippen LogP contribution < -0.4 is 10.2 Å². The number of nitrogens with one attached hydrogen (secondary N) is 1. The average molecular weight is 409 g/mol. The molecule has 4 atom stereocenters. The zero-order valence-electron chi connectivity index (χ0n) is 14.7. The van der Waals surface area contributed by atoms with Crippen LogP contribution in [-0.2, 0) is 15.1 Å². The average Bonchev–Trinajstić information content (AvgIpc) is 3.12. The minimum Gasteiger partial charge on any atom is -0.313 e. The van der Waals surface area contributed by atoms with Crippen molar-refractivity contribution >= 4 is 29.5 Å². The maximum atomic E-state index is 14.0. The van der Waals surface area contributed by atoms with Crippen molar-refractivity contribution in [2.24, 2.45) is 5.92 Å². The van der Waals surface area contributed by atoms with E-state index >= 15 is 0 Å². The maximum Gasteiger partial charge on any atom is 0.404 e. The number of carbonyl (C=O) groups is 2. The molecule has 1 amide bonds. The summed E-state index contributed by atoms with van der Waals surface area (Å²) >= 11 is 6.08. The Kier molecular flexibility index (Phi) is 4.28. The van der Waals surface area contributed by atoms with Crippen molar-refractivity contribution in [3.63, 3.8) is 0 Å². The number of benzene rings is 2. The Bertz CT molecular complexity index is 950. The lowest BCUT2D eigenvalue weighted by atomic mass is 9.73. The molecule has 2 aromatic rings. The van der Waals surface area contributed by atoms with Crippen molar-refractivity contribution in [3.05, 3.63) is 64.7 Å². The summed E-state index contributed by atoms with van der Waals surface area (Å²) in [7, 11) is 1.48. The summed E-state index contributed by atoms with van der Waals surface area (Å²) in [6.45, 7) is 0. The number of amides is 1. The SMILES string of the molecule is CN1C(=O)[C@]2(N[C@H](C(F)(F)F)[C@@H](c3ccccc3)[C@@H]2C=O)c2cc(Cl)ccc21. The number of anilines is 1. The summed E-state index contributed by atoms with van der Waals surface area (Å²) in [4.78, 5) is 26.6. The fraction of sp³-hybridized carbons (Fsp3) is 0.300. The van der Waals surface area contributed by atoms with Crippen molar-refractivity contribution in [3.8, 4) is 0 Å². The first-order valence-electron chi connectivity index (χ1n) is 8.64. The van der Waals surface area contributed by atoms with Crippen LogP contribution in [0, 0.1) is 5.92 Å². The van der Waals surface area contributed by atoms with Crippen LogP contribution in [-0.4, -0.2) is 31.5 Å². The largest absolute Gasteiger partial charge is 0.404 e. The number of hydrogen-bond donors (Lipinski definition) is 1. The van der Waals surface area contributed by atoms with Gasteiger partial charge in [-0.1, -0.05) is 41.9 Å². The van der Waals surface area contributed by atoms with Crippen molar-refractivity contribution in [2.75, 3.05) is 11.9 Å². The fourth-order valence-corrected chi connectivity index (χ4v) is 4.69. The molecule has 4 nitrogen and oxygen atoms in total. The molecular weight excluding hydrogens is 393 g/mol. The van der Waals surface area contributed by atoms with Gasteiger partial charge in [-0.15, -0.1) is 0 Å². The molecule has 0 aliphatic carbocycles. The van der Waals surface area contributed by atoms with E-state index in [9.17, 15) is 22.8 Å². The van der Waals surface area contributed by atoms with Gasteiger partial charge >= 0.3 is 6.18 Å². The minimum atomic E-state index is -4.66. The van der Waals surface area contributed by atoms with Crippen LogP contribution in [0.1, 0.15) is 17.0 Å². The minimum absolute atomic E-state index is 0.277. The van der Waals surface area contributed by atoms with Crippen LogP contribution >= 0.6 is 11.6 Å². The molecule has 0 aromatic heterocycles. The third kappa shape index (κ3) is 2.49. The van der Waals surface area contributed by atoms with E-state index in [1.165, 1.54) is 18.0 Å². The first kappa shape index (κ1) is 19.0. The highest BCUT2D eigenvalue weighted by molar-refractivity contribution is 6.31. The van der Waals surface area contributed by atoms with Crippen LogP contribution in [0.5, 0.6) is 0 Å². The van der Waals surface area contributed by atoms with E-state index in [-0.39, 0.29) is 10.6 Å². The predicted molar refractivity (Wildman–Crippen MR) is 98.3 cm³/mol. The molecule has 146 valence electrons. The van der Waals surface area contributed by atoms with Crippen LogP contribution in [0.25, 0.3) is 0 Å². The Morgan fingerprint density at radius 2 is 1.86 bits per heavy atom. The number of carbonyl (C=O) groups excluding carboxylic acids is 2. The van der Waals surface area contributed by atoms with E-state index in [4.69, 9.17) is 11.6 Å². The van der Waals surface area contributed by atoms with Gasteiger partial charge < -0.3 is 9.69 Å². The molecule has 0 radical (unpaired) electrons. The monoisotopic (exact) mass is 408 g/mol. The lowest BCUT2D eigenvalue weighted by Gasteiger charge is -2.28. The molecule has 1 spiro atoms. The van der Waals surface area contributed by atoms with Crippen LogP contribution in [0.2, 0.25) is 5.02 Å². The van der Waals surface area contributed by atoms with Gasteiger partial charge in [0.2, 0.25) is 0 Å². The molecule has 0 unspecified atom stereocenters. The number of halogens is 4. The zero-order valence-corrected chi connectivity index (χ0v) is 15.5. The van der Waals surface area contributed by atoms with Gasteiger partial charge in [-0.2, -0.15) is 13.2 Å². The first-order chi connectivity index (χ1) is 13.2. The lowest BCUT2D eigenvalue weighted by Crippen LogP contribution is -2.54. The van der Waals surface area contributed by atoms with E-state index in [0.29, 0.717) is 17.5 Å². The quantitative estimate of drug-likeness (QED) is 0.772. The van der Waals surface area contributed by atoms with E-state index in [1.807, 2.05) is 0 Å². The van der Waals surface area contributed by atoms with E-state index in [1.54, 1.807) is 42.5 Å². The van der Waals surface area contributed by atoms with Crippen molar-refractivity contribution < 1.29 is 22.8 Å². The predicted octanol–water partition coefficient (Wildman–Crippen LogP) is 3.64. The lowest BCUT2D eigenvalue weighted by molar-refractivity contribution is -0.158. The normalized spacial score (nSPS) is 29.4. The standard InChI is InChI=1S/C20H16ClF3N2O2/c1-26-15-8-7-12(21)9-13(15)19(18(26)28)14(10-27)16(11-5-3-2-4-6-11)17(25-19)20(22,23)24/h2-10,14,16-17,25H,1H3/t14-,16-,17-,19-/m0/s1. The molecule has 1 N–H and O–H groups in total. The molecule has 2 heterocycles. The van der Waals surface area contributed by atoms with Gasteiger partial charge in [-0.05, 0) is 23.8 Å². The number of likely N-dealkylation sites (N-methyl/N-ethyl adjacent to an activating group) is 1. The third-order valence-corrected chi connectivity index (χ3v) is 5.93. The van der Waals surface area contributed by atoms with Gasteiger partial charge in [0.15, 0.2) is 0 Å². The molecule has 1 fully saturated rings. The van der Waals surface area contributed by atoms with Gasteiger partial charge in [-0.25, -0.2) is 0 Å². The van der Waals surface area contributed by atoms with Gasteiger partial charge in [0, 0.05) is 29.2 Å². The molecule has 28 heavy (non-hydrogen) atoms. The molecule has 4 rings (SSSR count). The van der Waals surface area contributed by atoms with Crippen LogP contribution in [0.4, 0.5) is 18.9 Å². The van der Waals surface area contributed by atoms with E-state index in [0.717, 1.165) is 0 Å². The van der Waals surface area contributed by atoms with Crippen LogP contribution in [0.3, 0.4) is 0 Å². The summed E-state index contributed by atoms with van der Waals surface area (Å²) in [5.74, 6) is -3.10. The zero-order chi connectivity index (χ0) is 20.3. The van der Waals surface area contributed by atoms with Crippen LogP contribution in [0.15, 0.2) is 48.5 Å². The second-order valence-electron chi connectivity index (χ2n) is 7.10.